The van der Waals surface area contributed by atoms with E-state index in [1.54, 1.807) is 0 Å². The minimum Gasteiger partial charge on any atom is -0.102 e. The van der Waals surface area contributed by atoms with Crippen LogP contribution in [0.25, 0.3) is 10.8 Å². The summed E-state index contributed by atoms with van der Waals surface area (Å²) in [7, 11) is 0. The topological polar surface area (TPSA) is 0 Å². The standard InChI is InChI=1S/C14H12/c1-2-10-9-12-7-3-5-11-6-4-8-13(10)14(11)12/h2-8,10H,1,9H2. The predicted molar refractivity (Wildman–Crippen MR) is 60.6 cm³/mol. The lowest BCUT2D eigenvalue weighted by Crippen LogP contribution is -1.89. The minimum absolute atomic E-state index is 0.524. The summed E-state index contributed by atoms with van der Waals surface area (Å²) in [6.07, 6.45) is 3.19. The zero-order valence-electron chi connectivity index (χ0n) is 8.03. The van der Waals surface area contributed by atoms with Crippen LogP contribution in [0.4, 0.5) is 0 Å². The van der Waals surface area contributed by atoms with Crippen molar-refractivity contribution in [2.45, 2.75) is 12.3 Å². The first-order chi connectivity index (χ1) is 6.90. The second-order valence-electron chi connectivity index (χ2n) is 3.91. The molecule has 0 aromatic heterocycles. The molecule has 3 rings (SSSR count). The Bertz CT molecular complexity index is 503. The zero-order valence-corrected chi connectivity index (χ0v) is 8.03. The van der Waals surface area contributed by atoms with Crippen molar-refractivity contribution in [1.82, 2.24) is 0 Å². The van der Waals surface area contributed by atoms with Gasteiger partial charge in [0.2, 0.25) is 0 Å². The maximum Gasteiger partial charge on any atom is 0.00621 e. The van der Waals surface area contributed by atoms with Crippen LogP contribution in [-0.4, -0.2) is 0 Å². The van der Waals surface area contributed by atoms with E-state index in [-0.39, 0.29) is 0 Å². The van der Waals surface area contributed by atoms with Gasteiger partial charge in [0, 0.05) is 5.92 Å². The first-order valence-corrected chi connectivity index (χ1v) is 5.03. The van der Waals surface area contributed by atoms with Gasteiger partial charge in [-0.2, -0.15) is 0 Å². The van der Waals surface area contributed by atoms with Crippen LogP contribution in [0.15, 0.2) is 49.1 Å². The maximum absolute atomic E-state index is 3.91. The van der Waals surface area contributed by atoms with E-state index in [1.165, 1.54) is 21.9 Å². The number of benzene rings is 2. The molecule has 0 spiro atoms. The highest BCUT2D eigenvalue weighted by Crippen LogP contribution is 2.38. The van der Waals surface area contributed by atoms with Crippen molar-refractivity contribution in [2.24, 2.45) is 0 Å². The van der Waals surface area contributed by atoms with Crippen LogP contribution in [-0.2, 0) is 6.42 Å². The van der Waals surface area contributed by atoms with Crippen molar-refractivity contribution in [3.63, 3.8) is 0 Å². The molecular formula is C14H12. The van der Waals surface area contributed by atoms with Gasteiger partial charge >= 0.3 is 0 Å². The van der Waals surface area contributed by atoms with Gasteiger partial charge in [-0.05, 0) is 28.3 Å². The van der Waals surface area contributed by atoms with Crippen LogP contribution >= 0.6 is 0 Å². The Morgan fingerprint density at radius 3 is 2.71 bits per heavy atom. The highest BCUT2D eigenvalue weighted by atomic mass is 14.2. The Balaban J connectivity index is 2.43. The van der Waals surface area contributed by atoms with Gasteiger partial charge < -0.3 is 0 Å². The quantitative estimate of drug-likeness (QED) is 0.587. The van der Waals surface area contributed by atoms with Gasteiger partial charge in [-0.3, -0.25) is 0 Å². The van der Waals surface area contributed by atoms with Gasteiger partial charge in [-0.25, -0.2) is 0 Å². The van der Waals surface area contributed by atoms with Gasteiger partial charge in [0.15, 0.2) is 0 Å². The lowest BCUT2D eigenvalue weighted by atomic mass is 10.0. The molecule has 0 radical (unpaired) electrons. The Morgan fingerprint density at radius 2 is 1.93 bits per heavy atom. The van der Waals surface area contributed by atoms with E-state index in [9.17, 15) is 0 Å². The van der Waals surface area contributed by atoms with E-state index < -0.39 is 0 Å². The molecule has 0 amide bonds. The fraction of sp³-hybridized carbons (Fsp3) is 0.143. The average Bonchev–Trinajstić information content (AvgIpc) is 2.60. The van der Waals surface area contributed by atoms with E-state index >= 15 is 0 Å². The van der Waals surface area contributed by atoms with Crippen LogP contribution in [0.5, 0.6) is 0 Å². The van der Waals surface area contributed by atoms with E-state index in [0.717, 1.165) is 6.42 Å². The molecule has 1 aliphatic carbocycles. The third kappa shape index (κ3) is 0.884. The molecule has 0 aliphatic heterocycles. The van der Waals surface area contributed by atoms with Crippen molar-refractivity contribution < 1.29 is 0 Å². The molecule has 1 unspecified atom stereocenters. The second-order valence-corrected chi connectivity index (χ2v) is 3.91. The van der Waals surface area contributed by atoms with Crippen molar-refractivity contribution >= 4 is 10.8 Å². The van der Waals surface area contributed by atoms with Crippen molar-refractivity contribution in [2.75, 3.05) is 0 Å². The van der Waals surface area contributed by atoms with E-state index in [1.807, 2.05) is 0 Å². The number of hydrogen-bond acceptors (Lipinski definition) is 0. The number of hydrogen-bond donors (Lipinski definition) is 0. The summed E-state index contributed by atoms with van der Waals surface area (Å²) in [6, 6.07) is 13.1. The largest absolute Gasteiger partial charge is 0.102 e. The van der Waals surface area contributed by atoms with Gasteiger partial charge in [-0.1, -0.05) is 42.5 Å². The number of allylic oxidation sites excluding steroid dienone is 1. The third-order valence-electron chi connectivity index (χ3n) is 3.15. The van der Waals surface area contributed by atoms with E-state index in [4.69, 9.17) is 0 Å². The summed E-state index contributed by atoms with van der Waals surface area (Å²) in [5.41, 5.74) is 2.93. The Morgan fingerprint density at radius 1 is 1.14 bits per heavy atom. The zero-order chi connectivity index (χ0) is 9.54. The molecule has 2 aromatic rings. The molecule has 0 fully saturated rings. The van der Waals surface area contributed by atoms with Crippen LogP contribution in [0.2, 0.25) is 0 Å². The summed E-state index contributed by atoms with van der Waals surface area (Å²) in [5, 5.41) is 2.82. The molecule has 0 nitrogen and oxygen atoms in total. The van der Waals surface area contributed by atoms with Crippen LogP contribution in [0, 0.1) is 0 Å². The maximum atomic E-state index is 3.91. The molecule has 2 aromatic carbocycles. The molecule has 0 bridgehead atoms. The summed E-state index contributed by atoms with van der Waals surface area (Å²) in [6.45, 7) is 3.91. The summed E-state index contributed by atoms with van der Waals surface area (Å²) >= 11 is 0. The van der Waals surface area contributed by atoms with Gasteiger partial charge in [0.1, 0.15) is 0 Å². The normalized spacial score (nSPS) is 18.7. The monoisotopic (exact) mass is 180 g/mol. The van der Waals surface area contributed by atoms with E-state index in [0.29, 0.717) is 5.92 Å². The van der Waals surface area contributed by atoms with Crippen LogP contribution in [0.3, 0.4) is 0 Å². The molecule has 14 heavy (non-hydrogen) atoms. The molecule has 0 saturated heterocycles. The lowest BCUT2D eigenvalue weighted by molar-refractivity contribution is 0.886. The van der Waals surface area contributed by atoms with Gasteiger partial charge in [0.05, 0.1) is 0 Å². The molecule has 0 heteroatoms. The molecule has 0 heterocycles. The first-order valence-electron chi connectivity index (χ1n) is 5.03. The molecular weight excluding hydrogens is 168 g/mol. The van der Waals surface area contributed by atoms with Crippen molar-refractivity contribution in [3.05, 3.63) is 60.2 Å². The predicted octanol–water partition coefficient (Wildman–Crippen LogP) is 3.67. The highest BCUT2D eigenvalue weighted by Gasteiger charge is 2.20. The summed E-state index contributed by atoms with van der Waals surface area (Å²) < 4.78 is 0. The fourth-order valence-corrected chi connectivity index (χ4v) is 2.49. The van der Waals surface area contributed by atoms with Gasteiger partial charge in [-0.15, -0.1) is 6.58 Å². The Labute approximate surface area is 83.9 Å². The fourth-order valence-electron chi connectivity index (χ4n) is 2.49. The molecule has 0 saturated carbocycles. The summed E-state index contributed by atoms with van der Waals surface area (Å²) in [5.74, 6) is 0.524. The molecule has 1 atom stereocenters. The smallest absolute Gasteiger partial charge is 0.00621 e. The van der Waals surface area contributed by atoms with Crippen molar-refractivity contribution in [1.29, 1.82) is 0 Å². The Hall–Kier alpha value is -1.56. The average molecular weight is 180 g/mol. The molecule has 1 aliphatic rings. The highest BCUT2D eigenvalue weighted by molar-refractivity contribution is 5.91. The summed E-state index contributed by atoms with van der Waals surface area (Å²) in [4.78, 5) is 0. The Kier molecular flexibility index (Phi) is 1.51. The van der Waals surface area contributed by atoms with E-state index in [2.05, 4.69) is 49.1 Å². The minimum atomic E-state index is 0.524. The first kappa shape index (κ1) is 7.81. The van der Waals surface area contributed by atoms with Crippen molar-refractivity contribution in [3.8, 4) is 0 Å². The van der Waals surface area contributed by atoms with Gasteiger partial charge in [0.25, 0.3) is 0 Å². The molecule has 0 N–H and O–H groups in total. The second kappa shape index (κ2) is 2.71. The molecule has 68 valence electrons. The van der Waals surface area contributed by atoms with Crippen LogP contribution in [0.1, 0.15) is 17.0 Å². The lowest BCUT2D eigenvalue weighted by Gasteiger charge is -2.04. The SMILES string of the molecule is C=CC1Cc2cccc3cccc1c23. The third-order valence-corrected chi connectivity index (χ3v) is 3.15. The number of rotatable bonds is 1. The van der Waals surface area contributed by atoms with Crippen LogP contribution < -0.4 is 0 Å².